The molecule has 0 spiro atoms. The fourth-order valence-electron chi connectivity index (χ4n) is 2.57. The average Bonchev–Trinajstić information content (AvgIpc) is 2.59. The van der Waals surface area contributed by atoms with Crippen LogP contribution in [0.2, 0.25) is 0 Å². The van der Waals surface area contributed by atoms with Gasteiger partial charge in [-0.15, -0.1) is 0 Å². The lowest BCUT2D eigenvalue weighted by Gasteiger charge is -2.10. The molecule has 0 heterocycles. The van der Waals surface area contributed by atoms with E-state index in [9.17, 15) is 9.59 Å². The van der Waals surface area contributed by atoms with Crippen LogP contribution in [0.5, 0.6) is 5.75 Å². The lowest BCUT2D eigenvalue weighted by molar-refractivity contribution is -0.120. The number of carbonyl (C=O) groups is 2. The van der Waals surface area contributed by atoms with Gasteiger partial charge in [-0.2, -0.15) is 0 Å². The zero-order valence-electron chi connectivity index (χ0n) is 15.5. The molecule has 0 atom stereocenters. The van der Waals surface area contributed by atoms with Crippen LogP contribution >= 0.6 is 0 Å². The van der Waals surface area contributed by atoms with Crippen molar-refractivity contribution in [1.82, 2.24) is 5.32 Å². The van der Waals surface area contributed by atoms with Crippen molar-refractivity contribution in [3.05, 3.63) is 59.7 Å². The predicted molar refractivity (Wildman–Crippen MR) is 103 cm³/mol. The van der Waals surface area contributed by atoms with E-state index in [2.05, 4.69) is 10.6 Å². The normalized spacial score (nSPS) is 10.5. The van der Waals surface area contributed by atoms with E-state index in [0.29, 0.717) is 25.3 Å². The highest BCUT2D eigenvalue weighted by Crippen LogP contribution is 2.14. The Balaban J connectivity index is 1.87. The fourth-order valence-corrected chi connectivity index (χ4v) is 2.57. The first-order valence-electron chi connectivity index (χ1n) is 8.74. The van der Waals surface area contributed by atoms with E-state index in [0.717, 1.165) is 22.6 Å². The van der Waals surface area contributed by atoms with E-state index in [1.807, 2.05) is 62.4 Å². The number of ether oxygens (including phenoxy) is 1. The number of carbonyl (C=O) groups excluding carboxylic acids is 2. The Kier molecular flexibility index (Phi) is 7.21. The van der Waals surface area contributed by atoms with Gasteiger partial charge < -0.3 is 15.4 Å². The smallest absolute Gasteiger partial charge is 0.224 e. The van der Waals surface area contributed by atoms with Gasteiger partial charge in [0.2, 0.25) is 11.8 Å². The molecule has 2 amide bonds. The Labute approximate surface area is 154 Å². The Morgan fingerprint density at radius 2 is 1.73 bits per heavy atom. The second kappa shape index (κ2) is 9.61. The van der Waals surface area contributed by atoms with Crippen molar-refractivity contribution in [2.45, 2.75) is 33.2 Å². The Morgan fingerprint density at radius 3 is 2.46 bits per heavy atom. The maximum Gasteiger partial charge on any atom is 0.224 e. The van der Waals surface area contributed by atoms with E-state index < -0.39 is 0 Å². The number of benzene rings is 2. The predicted octanol–water partition coefficient (Wildman–Crippen LogP) is 3.54. The van der Waals surface area contributed by atoms with Crippen LogP contribution in [0.15, 0.2) is 48.5 Å². The summed E-state index contributed by atoms with van der Waals surface area (Å²) < 4.78 is 5.17. The van der Waals surface area contributed by atoms with Gasteiger partial charge in [0.25, 0.3) is 0 Å². The summed E-state index contributed by atoms with van der Waals surface area (Å²) in [6.07, 6.45) is 0.781. The molecule has 26 heavy (non-hydrogen) atoms. The molecule has 2 aromatic carbocycles. The van der Waals surface area contributed by atoms with Gasteiger partial charge in [-0.1, -0.05) is 38.1 Å². The Morgan fingerprint density at radius 1 is 1.00 bits per heavy atom. The van der Waals surface area contributed by atoms with E-state index in [-0.39, 0.29) is 11.8 Å². The molecule has 0 aliphatic carbocycles. The molecule has 0 saturated carbocycles. The lowest BCUT2D eigenvalue weighted by atomic mass is 10.1. The highest BCUT2D eigenvalue weighted by atomic mass is 16.5. The second-order valence-corrected chi connectivity index (χ2v) is 6.65. The summed E-state index contributed by atoms with van der Waals surface area (Å²) in [5, 5.41) is 5.79. The second-order valence-electron chi connectivity index (χ2n) is 6.65. The molecule has 0 aromatic heterocycles. The molecular formula is C21H26N2O3. The molecule has 5 nitrogen and oxygen atoms in total. The molecule has 2 N–H and O–H groups in total. The van der Waals surface area contributed by atoms with Crippen LogP contribution in [-0.2, 0) is 22.6 Å². The number of anilines is 1. The summed E-state index contributed by atoms with van der Waals surface area (Å²) in [6, 6.07) is 15.0. The Bertz CT molecular complexity index is 756. The van der Waals surface area contributed by atoms with E-state index in [4.69, 9.17) is 4.74 Å². The van der Waals surface area contributed by atoms with Gasteiger partial charge in [0.1, 0.15) is 5.75 Å². The quantitative estimate of drug-likeness (QED) is 0.762. The first-order chi connectivity index (χ1) is 12.5. The summed E-state index contributed by atoms with van der Waals surface area (Å²) in [6.45, 7) is 4.43. The third-order valence-electron chi connectivity index (χ3n) is 3.79. The third-order valence-corrected chi connectivity index (χ3v) is 3.79. The van der Waals surface area contributed by atoms with E-state index in [1.165, 1.54) is 0 Å². The van der Waals surface area contributed by atoms with E-state index in [1.54, 1.807) is 7.11 Å². The van der Waals surface area contributed by atoms with Gasteiger partial charge in [-0.25, -0.2) is 0 Å². The maximum absolute atomic E-state index is 12.1. The molecule has 0 saturated heterocycles. The highest BCUT2D eigenvalue weighted by Gasteiger charge is 2.07. The largest absolute Gasteiger partial charge is 0.497 e. The van der Waals surface area contributed by atoms with Crippen molar-refractivity contribution in [1.29, 1.82) is 0 Å². The van der Waals surface area contributed by atoms with Crippen LogP contribution in [0, 0.1) is 5.92 Å². The first kappa shape index (κ1) is 19.5. The highest BCUT2D eigenvalue weighted by molar-refractivity contribution is 5.90. The number of nitrogens with one attached hydrogen (secondary N) is 2. The minimum atomic E-state index is -0.0625. The number of amides is 2. The maximum atomic E-state index is 12.1. The molecular weight excluding hydrogens is 328 g/mol. The monoisotopic (exact) mass is 354 g/mol. The number of hydrogen-bond donors (Lipinski definition) is 2. The Hall–Kier alpha value is -2.82. The molecule has 0 unspecified atom stereocenters. The van der Waals surface area contributed by atoms with Gasteiger partial charge in [-0.05, 0) is 41.3 Å². The average molecular weight is 354 g/mol. The van der Waals surface area contributed by atoms with Crippen molar-refractivity contribution in [3.8, 4) is 5.75 Å². The van der Waals surface area contributed by atoms with Crippen LogP contribution in [0.25, 0.3) is 0 Å². The van der Waals surface area contributed by atoms with Crippen molar-refractivity contribution in [2.75, 3.05) is 12.4 Å². The first-order valence-corrected chi connectivity index (χ1v) is 8.74. The standard InChI is InChI=1S/C21H26N2O3/c1-15(2)10-21(25)23-18-8-4-7-17(11-18)14-22-20(24)13-16-6-5-9-19(12-16)26-3/h4-9,11-12,15H,10,13-14H2,1-3H3,(H,22,24)(H,23,25). The fraction of sp³-hybridized carbons (Fsp3) is 0.333. The zero-order chi connectivity index (χ0) is 18.9. The van der Waals surface area contributed by atoms with Crippen LogP contribution < -0.4 is 15.4 Å². The molecule has 138 valence electrons. The number of rotatable bonds is 8. The van der Waals surface area contributed by atoms with Crippen molar-refractivity contribution < 1.29 is 14.3 Å². The summed E-state index contributed by atoms with van der Waals surface area (Å²) in [5.41, 5.74) is 2.58. The van der Waals surface area contributed by atoms with Gasteiger partial charge in [0, 0.05) is 18.7 Å². The van der Waals surface area contributed by atoms with Gasteiger partial charge in [-0.3, -0.25) is 9.59 Å². The topological polar surface area (TPSA) is 67.4 Å². The molecule has 0 aliphatic heterocycles. The number of hydrogen-bond acceptors (Lipinski definition) is 3. The van der Waals surface area contributed by atoms with Crippen molar-refractivity contribution in [3.63, 3.8) is 0 Å². The van der Waals surface area contributed by atoms with Gasteiger partial charge >= 0.3 is 0 Å². The van der Waals surface area contributed by atoms with E-state index >= 15 is 0 Å². The molecule has 2 rings (SSSR count). The molecule has 0 radical (unpaired) electrons. The SMILES string of the molecule is COc1cccc(CC(=O)NCc2cccc(NC(=O)CC(C)C)c2)c1. The van der Waals surface area contributed by atoms with Crippen LogP contribution in [-0.4, -0.2) is 18.9 Å². The van der Waals surface area contributed by atoms with Crippen LogP contribution in [0.3, 0.4) is 0 Å². The molecule has 0 fully saturated rings. The minimum Gasteiger partial charge on any atom is -0.497 e. The van der Waals surface area contributed by atoms with Gasteiger partial charge in [0.05, 0.1) is 13.5 Å². The summed E-state index contributed by atoms with van der Waals surface area (Å²) in [4.78, 5) is 24.0. The summed E-state index contributed by atoms with van der Waals surface area (Å²) >= 11 is 0. The van der Waals surface area contributed by atoms with Gasteiger partial charge in [0.15, 0.2) is 0 Å². The lowest BCUT2D eigenvalue weighted by Crippen LogP contribution is -2.24. The molecule has 0 bridgehead atoms. The van der Waals surface area contributed by atoms with Crippen molar-refractivity contribution in [2.24, 2.45) is 5.92 Å². The summed E-state index contributed by atoms with van der Waals surface area (Å²) in [5.74, 6) is 0.987. The number of methoxy groups -OCH3 is 1. The molecule has 0 aliphatic rings. The zero-order valence-corrected chi connectivity index (χ0v) is 15.5. The van der Waals surface area contributed by atoms with Crippen LogP contribution in [0.4, 0.5) is 5.69 Å². The molecule has 5 heteroatoms. The summed E-state index contributed by atoms with van der Waals surface area (Å²) in [7, 11) is 1.60. The van der Waals surface area contributed by atoms with Crippen molar-refractivity contribution >= 4 is 17.5 Å². The third kappa shape index (κ3) is 6.59. The minimum absolute atomic E-state index is 0.000731. The molecule has 2 aromatic rings. The van der Waals surface area contributed by atoms with Crippen LogP contribution in [0.1, 0.15) is 31.4 Å².